The number of carbonyl (C=O) groups is 2. The van der Waals surface area contributed by atoms with E-state index in [9.17, 15) is 9.59 Å². The van der Waals surface area contributed by atoms with Crippen LogP contribution in [0.25, 0.3) is 0 Å². The Kier molecular flexibility index (Phi) is 3.91. The van der Waals surface area contributed by atoms with Gasteiger partial charge in [-0.05, 0) is 24.3 Å². The Bertz CT molecular complexity index is 670. The number of Topliss-reactive ketones (excluding diaryl/α,β-unsaturated/α-hetero) is 1. The minimum absolute atomic E-state index is 0.317. The van der Waals surface area contributed by atoms with Crippen molar-refractivity contribution in [3.63, 3.8) is 0 Å². The van der Waals surface area contributed by atoms with Crippen LogP contribution in [0.3, 0.4) is 0 Å². The molecule has 0 saturated heterocycles. The summed E-state index contributed by atoms with van der Waals surface area (Å²) in [4.78, 5) is 28.0. The molecule has 0 aliphatic carbocycles. The quantitative estimate of drug-likeness (QED) is 0.670. The van der Waals surface area contributed by atoms with Gasteiger partial charge >= 0.3 is 0 Å². The van der Waals surface area contributed by atoms with Crippen molar-refractivity contribution in [3.05, 3.63) is 48.5 Å². The summed E-state index contributed by atoms with van der Waals surface area (Å²) in [7, 11) is 1.68. The average molecular weight is 268 g/mol. The van der Waals surface area contributed by atoms with E-state index < -0.39 is 17.6 Å². The van der Waals surface area contributed by atoms with Gasteiger partial charge in [0.2, 0.25) is 11.7 Å². The number of carbonyl (C=O) groups excluding carboxylic acids is 2. The molecule has 100 valence electrons. The van der Waals surface area contributed by atoms with Crippen LogP contribution in [0.4, 0.5) is 5.69 Å². The van der Waals surface area contributed by atoms with Crippen LogP contribution in [-0.2, 0) is 11.8 Å². The second-order valence-electron chi connectivity index (χ2n) is 4.16. The number of nitrogens with one attached hydrogen (secondary N) is 1. The third-order valence-corrected chi connectivity index (χ3v) is 2.78. The topological polar surface area (TPSA) is 87.8 Å². The number of anilines is 1. The van der Waals surface area contributed by atoms with E-state index in [1.54, 1.807) is 54.3 Å². The molecule has 2 heterocycles. The maximum atomic E-state index is 12.2. The van der Waals surface area contributed by atoms with E-state index in [0.717, 1.165) is 0 Å². The highest BCUT2D eigenvalue weighted by atomic mass is 16.2. The van der Waals surface area contributed by atoms with Gasteiger partial charge < -0.3 is 9.88 Å². The van der Waals surface area contributed by atoms with Crippen LogP contribution >= 0.6 is 0 Å². The van der Waals surface area contributed by atoms with Gasteiger partial charge in [0.25, 0.3) is 0 Å². The molecule has 1 unspecified atom stereocenters. The Hall–Kier alpha value is -2.94. The van der Waals surface area contributed by atoms with Crippen LogP contribution in [0, 0.1) is 17.2 Å². The van der Waals surface area contributed by atoms with Crippen LogP contribution in [-0.4, -0.2) is 21.2 Å². The molecule has 0 radical (unpaired) electrons. The molecule has 0 bridgehead atoms. The minimum Gasteiger partial charge on any atom is -0.348 e. The normalized spacial score (nSPS) is 11.4. The largest absolute Gasteiger partial charge is 0.348 e. The molecule has 2 rings (SSSR count). The van der Waals surface area contributed by atoms with Crippen molar-refractivity contribution < 1.29 is 9.59 Å². The van der Waals surface area contributed by atoms with Crippen molar-refractivity contribution >= 4 is 17.4 Å². The fourth-order valence-electron chi connectivity index (χ4n) is 1.75. The second-order valence-corrected chi connectivity index (χ2v) is 4.16. The van der Waals surface area contributed by atoms with Gasteiger partial charge in [-0.1, -0.05) is 0 Å². The summed E-state index contributed by atoms with van der Waals surface area (Å²) in [6.45, 7) is 0. The number of amides is 1. The average Bonchev–Trinajstić information content (AvgIpc) is 2.86. The van der Waals surface area contributed by atoms with Gasteiger partial charge in [-0.2, -0.15) is 5.26 Å². The third-order valence-electron chi connectivity index (χ3n) is 2.78. The van der Waals surface area contributed by atoms with Crippen molar-refractivity contribution in [1.29, 1.82) is 5.26 Å². The molecule has 1 atom stereocenters. The zero-order chi connectivity index (χ0) is 14.5. The highest BCUT2D eigenvalue weighted by molar-refractivity contribution is 6.14. The fourth-order valence-corrected chi connectivity index (χ4v) is 1.75. The van der Waals surface area contributed by atoms with Crippen LogP contribution in [0.2, 0.25) is 0 Å². The van der Waals surface area contributed by atoms with Crippen molar-refractivity contribution in [2.75, 3.05) is 5.32 Å². The molecule has 2 aromatic rings. The zero-order valence-electron chi connectivity index (χ0n) is 10.8. The lowest BCUT2D eigenvalue weighted by Crippen LogP contribution is -2.29. The number of hydrogen-bond acceptors (Lipinski definition) is 4. The van der Waals surface area contributed by atoms with Crippen molar-refractivity contribution in [1.82, 2.24) is 9.55 Å². The minimum atomic E-state index is -1.39. The first-order valence-electron chi connectivity index (χ1n) is 5.89. The Morgan fingerprint density at radius 2 is 2.20 bits per heavy atom. The highest BCUT2D eigenvalue weighted by Gasteiger charge is 2.29. The maximum Gasteiger partial charge on any atom is 0.249 e. The first-order chi connectivity index (χ1) is 9.63. The molecule has 0 aliphatic rings. The number of nitriles is 1. The summed E-state index contributed by atoms with van der Waals surface area (Å²) < 4.78 is 1.57. The SMILES string of the molecule is Cn1cccc1C(=O)C(C#N)C(=O)Nc1cccnc1. The molecule has 1 N–H and O–H groups in total. The Morgan fingerprint density at radius 3 is 2.75 bits per heavy atom. The fraction of sp³-hybridized carbons (Fsp3) is 0.143. The molecular weight excluding hydrogens is 256 g/mol. The lowest BCUT2D eigenvalue weighted by atomic mass is 10.0. The van der Waals surface area contributed by atoms with E-state index in [0.29, 0.717) is 11.4 Å². The smallest absolute Gasteiger partial charge is 0.249 e. The molecule has 0 aliphatic heterocycles. The predicted molar refractivity (Wildman–Crippen MR) is 71.7 cm³/mol. The van der Waals surface area contributed by atoms with E-state index >= 15 is 0 Å². The van der Waals surface area contributed by atoms with Gasteiger partial charge in [0.05, 0.1) is 23.6 Å². The number of hydrogen-bond donors (Lipinski definition) is 1. The monoisotopic (exact) mass is 268 g/mol. The lowest BCUT2D eigenvalue weighted by molar-refractivity contribution is -0.117. The van der Waals surface area contributed by atoms with Crippen molar-refractivity contribution in [2.24, 2.45) is 13.0 Å². The number of rotatable bonds is 4. The molecule has 1 amide bonds. The molecule has 0 fully saturated rings. The molecule has 0 aromatic carbocycles. The second kappa shape index (κ2) is 5.80. The van der Waals surface area contributed by atoms with Gasteiger partial charge in [0.1, 0.15) is 0 Å². The first-order valence-corrected chi connectivity index (χ1v) is 5.89. The predicted octanol–water partition coefficient (Wildman–Crippen LogP) is 1.38. The van der Waals surface area contributed by atoms with Gasteiger partial charge in [0.15, 0.2) is 5.92 Å². The maximum absolute atomic E-state index is 12.2. The zero-order valence-corrected chi connectivity index (χ0v) is 10.8. The Labute approximate surface area is 115 Å². The Balaban J connectivity index is 2.17. The van der Waals surface area contributed by atoms with E-state index in [2.05, 4.69) is 10.3 Å². The molecule has 6 nitrogen and oxygen atoms in total. The number of nitrogens with zero attached hydrogens (tertiary/aromatic N) is 3. The van der Waals surface area contributed by atoms with Gasteiger partial charge in [-0.3, -0.25) is 14.6 Å². The van der Waals surface area contributed by atoms with E-state index in [1.165, 1.54) is 6.20 Å². The molecule has 0 spiro atoms. The van der Waals surface area contributed by atoms with Crippen molar-refractivity contribution in [2.45, 2.75) is 0 Å². The van der Waals surface area contributed by atoms with Gasteiger partial charge in [-0.25, -0.2) is 0 Å². The molecule has 2 aromatic heterocycles. The summed E-state index contributed by atoms with van der Waals surface area (Å²) in [5.41, 5.74) is 0.760. The standard InChI is InChI=1S/C14H12N4O2/c1-18-7-3-5-12(18)13(19)11(8-15)14(20)17-10-4-2-6-16-9-10/h2-7,9,11H,1H3,(H,17,20). The van der Waals surface area contributed by atoms with E-state index in [4.69, 9.17) is 5.26 Å². The molecule has 6 heteroatoms. The van der Waals surface area contributed by atoms with E-state index in [1.807, 2.05) is 0 Å². The molecule has 20 heavy (non-hydrogen) atoms. The lowest BCUT2D eigenvalue weighted by Gasteiger charge is -2.09. The van der Waals surface area contributed by atoms with Crippen LogP contribution in [0.15, 0.2) is 42.9 Å². The summed E-state index contributed by atoms with van der Waals surface area (Å²) >= 11 is 0. The van der Waals surface area contributed by atoms with Gasteiger partial charge in [0, 0.05) is 19.4 Å². The summed E-state index contributed by atoms with van der Waals surface area (Å²) in [5, 5.41) is 11.6. The Morgan fingerprint density at radius 1 is 1.40 bits per heavy atom. The summed E-state index contributed by atoms with van der Waals surface area (Å²) in [6, 6.07) is 8.28. The number of ketones is 1. The third kappa shape index (κ3) is 2.72. The van der Waals surface area contributed by atoms with Crippen LogP contribution in [0.1, 0.15) is 10.5 Å². The van der Waals surface area contributed by atoms with Crippen LogP contribution in [0.5, 0.6) is 0 Å². The first kappa shape index (κ1) is 13.5. The van der Waals surface area contributed by atoms with Crippen LogP contribution < -0.4 is 5.32 Å². The molecular formula is C14H12N4O2. The highest BCUT2D eigenvalue weighted by Crippen LogP contribution is 2.12. The molecule has 0 saturated carbocycles. The summed E-state index contributed by atoms with van der Waals surface area (Å²) in [5.74, 6) is -2.57. The number of pyridine rings is 1. The number of aromatic nitrogens is 2. The van der Waals surface area contributed by atoms with E-state index in [-0.39, 0.29) is 0 Å². The number of aryl methyl sites for hydroxylation is 1. The summed E-state index contributed by atoms with van der Waals surface area (Å²) in [6.07, 6.45) is 4.69. The van der Waals surface area contributed by atoms with Gasteiger partial charge in [-0.15, -0.1) is 0 Å². The van der Waals surface area contributed by atoms with Crippen molar-refractivity contribution in [3.8, 4) is 6.07 Å².